The summed E-state index contributed by atoms with van der Waals surface area (Å²) in [5.74, 6) is 1.25. The van der Waals surface area contributed by atoms with Gasteiger partial charge in [-0.25, -0.2) is 4.79 Å². The van der Waals surface area contributed by atoms with E-state index in [4.69, 9.17) is 4.79 Å². The average Bonchev–Trinajstić information content (AvgIpc) is 0.918. The van der Waals surface area contributed by atoms with Gasteiger partial charge in [-0.15, -0.1) is 0 Å². The summed E-state index contributed by atoms with van der Waals surface area (Å²) in [7, 11) is 0. The Labute approximate surface area is 25.9 Å². The third-order valence-corrected chi connectivity index (χ3v) is 0. The SMILES string of the molecule is C=C=O.[C]. The van der Waals surface area contributed by atoms with Crippen LogP contribution in [-0.4, -0.2) is 5.94 Å². The fraction of sp³-hybridized carbons (Fsp3) is 0. The lowest BCUT2D eigenvalue weighted by Crippen LogP contribution is -1.15. The monoisotopic (exact) mass is 54.0 g/mol. The minimum atomic E-state index is 0. The normalized spacial score (nSPS) is 2.00. The number of hydrogen-bond acceptors (Lipinski definition) is 1. The van der Waals surface area contributed by atoms with E-state index in [1.807, 2.05) is 0 Å². The van der Waals surface area contributed by atoms with Crippen LogP contribution in [0.3, 0.4) is 0 Å². The highest BCUT2D eigenvalue weighted by Crippen LogP contribution is 0.894. The quantitative estimate of drug-likeness (QED) is 0.358. The van der Waals surface area contributed by atoms with Crippen molar-refractivity contribution in [2.75, 3.05) is 0 Å². The largest absolute Gasteiger partial charge is 0.234 e. The first-order valence-corrected chi connectivity index (χ1v) is 0.558. The van der Waals surface area contributed by atoms with E-state index in [1.165, 1.54) is 5.94 Å². The lowest BCUT2D eigenvalue weighted by atomic mass is 11.2. The molecule has 0 aliphatic rings. The van der Waals surface area contributed by atoms with Crippen molar-refractivity contribution in [2.24, 2.45) is 0 Å². The molecule has 0 fully saturated rings. The van der Waals surface area contributed by atoms with E-state index in [0.717, 1.165) is 0 Å². The molecule has 0 saturated carbocycles. The molecule has 20 valence electrons. The van der Waals surface area contributed by atoms with Gasteiger partial charge < -0.3 is 0 Å². The topological polar surface area (TPSA) is 17.1 Å². The molecule has 0 aliphatic carbocycles. The first kappa shape index (κ1) is 9.85. The van der Waals surface area contributed by atoms with Crippen molar-refractivity contribution in [3.05, 3.63) is 14.0 Å². The molecule has 0 bridgehead atoms. The van der Waals surface area contributed by atoms with Crippen molar-refractivity contribution >= 4 is 5.94 Å². The van der Waals surface area contributed by atoms with Crippen LogP contribution >= 0.6 is 0 Å². The maximum Gasteiger partial charge on any atom is 0.116 e. The van der Waals surface area contributed by atoms with Gasteiger partial charge >= 0.3 is 0 Å². The second kappa shape index (κ2) is 25.4. The van der Waals surface area contributed by atoms with Crippen molar-refractivity contribution in [3.63, 3.8) is 0 Å². The number of hydrogen-bond donors (Lipinski definition) is 0. The molecule has 4 heavy (non-hydrogen) atoms. The third-order valence-electron chi connectivity index (χ3n) is 0. The Morgan fingerprint density at radius 1 is 1.75 bits per heavy atom. The minimum absolute atomic E-state index is 0. The summed E-state index contributed by atoms with van der Waals surface area (Å²) in [4.78, 5) is 8.57. The van der Waals surface area contributed by atoms with Gasteiger partial charge in [-0.3, -0.25) is 0 Å². The van der Waals surface area contributed by atoms with Gasteiger partial charge in [0.15, 0.2) is 0 Å². The van der Waals surface area contributed by atoms with E-state index < -0.39 is 0 Å². The minimum Gasteiger partial charge on any atom is -0.234 e. The molecular weight excluding hydrogens is 52.0 g/mol. The summed E-state index contributed by atoms with van der Waals surface area (Å²) in [6.07, 6.45) is 0. The van der Waals surface area contributed by atoms with Crippen LogP contribution in [0.15, 0.2) is 6.58 Å². The summed E-state index contributed by atoms with van der Waals surface area (Å²) < 4.78 is 0. The van der Waals surface area contributed by atoms with Crippen LogP contribution in [0.25, 0.3) is 0 Å². The molecule has 0 atom stereocenters. The molecule has 0 spiro atoms. The molecule has 0 aromatic heterocycles. The van der Waals surface area contributed by atoms with Crippen LogP contribution in [0.5, 0.6) is 0 Å². The highest BCUT2D eigenvalue weighted by atomic mass is 16.1. The van der Waals surface area contributed by atoms with E-state index in [1.54, 1.807) is 0 Å². The summed E-state index contributed by atoms with van der Waals surface area (Å²) >= 11 is 0. The van der Waals surface area contributed by atoms with Gasteiger partial charge in [0, 0.05) is 7.43 Å². The van der Waals surface area contributed by atoms with E-state index in [-0.39, 0.29) is 7.43 Å². The Morgan fingerprint density at radius 3 is 1.75 bits per heavy atom. The van der Waals surface area contributed by atoms with E-state index in [9.17, 15) is 0 Å². The molecule has 0 saturated heterocycles. The van der Waals surface area contributed by atoms with Gasteiger partial charge in [0.2, 0.25) is 0 Å². The molecule has 0 rings (SSSR count). The zero-order valence-corrected chi connectivity index (χ0v) is 2.12. The second-order valence-electron chi connectivity index (χ2n) is 0.144. The molecular formula is C3H2O. The van der Waals surface area contributed by atoms with Crippen LogP contribution in [0.1, 0.15) is 0 Å². The molecule has 0 N–H and O–H groups in total. The Bertz CT molecular complexity index is 24.3. The van der Waals surface area contributed by atoms with E-state index in [2.05, 4.69) is 6.58 Å². The first-order valence-electron chi connectivity index (χ1n) is 0.558. The summed E-state index contributed by atoms with van der Waals surface area (Å²) in [6, 6.07) is 0. The van der Waals surface area contributed by atoms with Gasteiger partial charge in [0.25, 0.3) is 0 Å². The highest BCUT2D eigenvalue weighted by molar-refractivity contribution is 5.38. The third kappa shape index (κ3) is 0.971. The predicted molar refractivity (Wildman–Crippen MR) is 14.6 cm³/mol. The Morgan fingerprint density at radius 2 is 1.75 bits per heavy atom. The smallest absolute Gasteiger partial charge is 0.116 e. The molecule has 0 aliphatic heterocycles. The summed E-state index contributed by atoms with van der Waals surface area (Å²) in [6.45, 7) is 2.68. The van der Waals surface area contributed by atoms with Crippen LogP contribution < -0.4 is 0 Å². The van der Waals surface area contributed by atoms with Crippen LogP contribution in [0, 0.1) is 7.43 Å². The Kier molecular flexibility index (Phi) is 62.6. The molecule has 1 heteroatoms. The molecule has 0 unspecified atom stereocenters. The fourth-order valence-electron chi connectivity index (χ4n) is 0. The highest BCUT2D eigenvalue weighted by Gasteiger charge is 1.01. The Balaban J connectivity index is 0. The molecule has 0 aromatic rings. The number of rotatable bonds is 0. The van der Waals surface area contributed by atoms with Crippen LogP contribution in [0.2, 0.25) is 0 Å². The lowest BCUT2D eigenvalue weighted by Gasteiger charge is -1.02. The van der Waals surface area contributed by atoms with Crippen molar-refractivity contribution in [2.45, 2.75) is 0 Å². The van der Waals surface area contributed by atoms with Crippen molar-refractivity contribution < 1.29 is 4.79 Å². The summed E-state index contributed by atoms with van der Waals surface area (Å²) in [5, 5.41) is 0. The lowest BCUT2D eigenvalue weighted by molar-refractivity contribution is 0.569. The molecule has 0 aromatic carbocycles. The molecule has 1 nitrogen and oxygen atoms in total. The van der Waals surface area contributed by atoms with E-state index >= 15 is 0 Å². The van der Waals surface area contributed by atoms with Crippen LogP contribution in [-0.2, 0) is 4.79 Å². The first-order chi connectivity index (χ1) is 1.41. The van der Waals surface area contributed by atoms with Gasteiger partial charge in [-0.05, 0) is 6.58 Å². The zero-order chi connectivity index (χ0) is 2.71. The summed E-state index contributed by atoms with van der Waals surface area (Å²) in [5.41, 5.74) is 0. The second-order valence-corrected chi connectivity index (χ2v) is 0.144. The van der Waals surface area contributed by atoms with Crippen molar-refractivity contribution in [1.82, 2.24) is 0 Å². The maximum absolute atomic E-state index is 8.57. The van der Waals surface area contributed by atoms with Gasteiger partial charge in [-0.1, -0.05) is 0 Å². The average molecular weight is 54.0 g/mol. The predicted octanol–water partition coefficient (Wildman–Crippen LogP) is 0.0853. The standard InChI is InChI=1S/C2H2O.C/c1-2-3;/h1H2;. The molecule has 0 heterocycles. The van der Waals surface area contributed by atoms with Gasteiger partial charge in [0.1, 0.15) is 5.94 Å². The van der Waals surface area contributed by atoms with Gasteiger partial charge in [0.05, 0.1) is 0 Å². The van der Waals surface area contributed by atoms with Crippen molar-refractivity contribution in [1.29, 1.82) is 0 Å². The fourth-order valence-corrected chi connectivity index (χ4v) is 0. The van der Waals surface area contributed by atoms with Crippen molar-refractivity contribution in [3.8, 4) is 0 Å². The van der Waals surface area contributed by atoms with Gasteiger partial charge in [-0.2, -0.15) is 0 Å². The molecule has 0 amide bonds. The van der Waals surface area contributed by atoms with Crippen LogP contribution in [0.4, 0.5) is 0 Å². The van der Waals surface area contributed by atoms with E-state index in [0.29, 0.717) is 0 Å². The zero-order valence-electron chi connectivity index (χ0n) is 2.12. The molecule has 4 radical (unpaired) electrons. The number of carbonyl (C=O) groups excluding carboxylic acids is 1. The maximum atomic E-state index is 8.57. The Hall–Kier alpha value is -0.550.